The Hall–Kier alpha value is -1.82. The summed E-state index contributed by atoms with van der Waals surface area (Å²) in [5, 5.41) is 22.2. The summed E-state index contributed by atoms with van der Waals surface area (Å²) in [5.41, 5.74) is 0.594. The molecule has 6 heteroatoms. The molecule has 0 aliphatic carbocycles. The molecule has 0 bridgehead atoms. The zero-order valence-electron chi connectivity index (χ0n) is 8.97. The van der Waals surface area contributed by atoms with Crippen LogP contribution in [0.25, 0.3) is 0 Å². The fraction of sp³-hybridized carbons (Fsp3) is 0.400. The Bertz CT molecular complexity index is 368. The highest BCUT2D eigenvalue weighted by Crippen LogP contribution is 2.25. The Morgan fingerprint density at radius 2 is 2.25 bits per heavy atom. The predicted octanol–water partition coefficient (Wildman–Crippen LogP) is 1.40. The van der Waals surface area contributed by atoms with Gasteiger partial charge in [-0.15, -0.1) is 0 Å². The summed E-state index contributed by atoms with van der Waals surface area (Å²) < 4.78 is 5.14. The van der Waals surface area contributed by atoms with Gasteiger partial charge < -0.3 is 15.2 Å². The Balaban J connectivity index is 2.93. The molecule has 0 atom stereocenters. The maximum Gasteiger partial charge on any atom is 0.275 e. The Morgan fingerprint density at radius 1 is 1.50 bits per heavy atom. The number of non-ortho nitro benzene ring substituents is 1. The number of ether oxygens (including phenoxy) is 1. The van der Waals surface area contributed by atoms with Crippen molar-refractivity contribution in [2.45, 2.75) is 6.92 Å². The minimum atomic E-state index is -0.480. The molecule has 0 heterocycles. The number of hydrogen-bond acceptors (Lipinski definition) is 5. The van der Waals surface area contributed by atoms with Crippen molar-refractivity contribution in [2.75, 3.05) is 25.1 Å². The molecule has 0 aliphatic rings. The highest BCUT2D eigenvalue weighted by molar-refractivity contribution is 5.56. The van der Waals surface area contributed by atoms with Crippen LogP contribution in [0.1, 0.15) is 6.92 Å². The van der Waals surface area contributed by atoms with Gasteiger partial charge in [-0.05, 0) is 6.92 Å². The summed E-state index contributed by atoms with van der Waals surface area (Å²) in [6, 6.07) is 4.43. The molecule has 0 aromatic heterocycles. The number of nitro groups is 1. The third-order valence-corrected chi connectivity index (χ3v) is 1.84. The second-order valence-electron chi connectivity index (χ2n) is 3.08. The second-order valence-corrected chi connectivity index (χ2v) is 3.08. The smallest absolute Gasteiger partial charge is 0.275 e. The van der Waals surface area contributed by atoms with Gasteiger partial charge in [-0.3, -0.25) is 10.1 Å². The van der Waals surface area contributed by atoms with Crippen LogP contribution in [0.3, 0.4) is 0 Å². The third-order valence-electron chi connectivity index (χ3n) is 1.84. The predicted molar refractivity (Wildman–Crippen MR) is 59.8 cm³/mol. The normalized spacial score (nSPS) is 9.88. The first-order chi connectivity index (χ1) is 7.67. The molecule has 0 unspecified atom stereocenters. The van der Waals surface area contributed by atoms with Gasteiger partial charge in [0.15, 0.2) is 0 Å². The van der Waals surface area contributed by atoms with Crippen molar-refractivity contribution in [3.05, 3.63) is 28.3 Å². The lowest BCUT2D eigenvalue weighted by molar-refractivity contribution is -0.384. The number of aliphatic hydroxyl groups is 1. The molecule has 1 rings (SSSR count). The van der Waals surface area contributed by atoms with Gasteiger partial charge >= 0.3 is 0 Å². The molecule has 0 radical (unpaired) electrons. The van der Waals surface area contributed by atoms with E-state index in [2.05, 4.69) is 5.32 Å². The Labute approximate surface area is 93.0 Å². The minimum absolute atomic E-state index is 0.0358. The standard InChI is InChI=1S/C10H14N2O4/c1-2-11-8-5-9(12(14)15)7-10(6-8)16-4-3-13/h5-7,11,13H,2-4H2,1H3. The second kappa shape index (κ2) is 5.92. The van der Waals surface area contributed by atoms with Crippen LogP contribution < -0.4 is 10.1 Å². The molecule has 0 saturated heterocycles. The maximum atomic E-state index is 10.7. The van der Waals surface area contributed by atoms with Crippen molar-refractivity contribution in [3.8, 4) is 5.75 Å². The topological polar surface area (TPSA) is 84.6 Å². The molecular formula is C10H14N2O4. The zero-order valence-corrected chi connectivity index (χ0v) is 8.97. The summed E-state index contributed by atoms with van der Waals surface area (Å²) in [4.78, 5) is 10.2. The first-order valence-electron chi connectivity index (χ1n) is 4.94. The molecule has 88 valence electrons. The van der Waals surface area contributed by atoms with E-state index in [1.165, 1.54) is 12.1 Å². The molecule has 0 fully saturated rings. The molecule has 1 aromatic carbocycles. The van der Waals surface area contributed by atoms with E-state index in [-0.39, 0.29) is 18.9 Å². The van der Waals surface area contributed by atoms with E-state index >= 15 is 0 Å². The van der Waals surface area contributed by atoms with Crippen LogP contribution >= 0.6 is 0 Å². The first kappa shape index (κ1) is 12.3. The number of benzene rings is 1. The van der Waals surface area contributed by atoms with Crippen LogP contribution in [0.4, 0.5) is 11.4 Å². The molecule has 0 saturated carbocycles. The molecule has 2 N–H and O–H groups in total. The summed E-state index contributed by atoms with van der Waals surface area (Å²) in [6.45, 7) is 2.56. The third kappa shape index (κ3) is 3.39. The zero-order chi connectivity index (χ0) is 12.0. The van der Waals surface area contributed by atoms with Crippen molar-refractivity contribution in [1.82, 2.24) is 0 Å². The van der Waals surface area contributed by atoms with E-state index < -0.39 is 4.92 Å². The number of nitrogens with zero attached hydrogens (tertiary/aromatic N) is 1. The monoisotopic (exact) mass is 226 g/mol. The highest BCUT2D eigenvalue weighted by atomic mass is 16.6. The van der Waals surface area contributed by atoms with E-state index in [1.54, 1.807) is 6.07 Å². The number of rotatable bonds is 6. The molecule has 0 spiro atoms. The molecular weight excluding hydrogens is 212 g/mol. The first-order valence-corrected chi connectivity index (χ1v) is 4.94. The average molecular weight is 226 g/mol. The fourth-order valence-corrected chi connectivity index (χ4v) is 1.24. The van der Waals surface area contributed by atoms with Gasteiger partial charge in [0.25, 0.3) is 5.69 Å². The van der Waals surface area contributed by atoms with Crippen LogP contribution in [-0.2, 0) is 0 Å². The van der Waals surface area contributed by atoms with Gasteiger partial charge in [-0.2, -0.15) is 0 Å². The van der Waals surface area contributed by atoms with E-state index in [0.717, 1.165) is 0 Å². The van der Waals surface area contributed by atoms with E-state index in [9.17, 15) is 10.1 Å². The van der Waals surface area contributed by atoms with E-state index in [1.807, 2.05) is 6.92 Å². The summed E-state index contributed by atoms with van der Waals surface area (Å²) >= 11 is 0. The number of nitro benzene ring substituents is 1. The lowest BCUT2D eigenvalue weighted by Crippen LogP contribution is -2.03. The van der Waals surface area contributed by atoms with Gasteiger partial charge in [-0.25, -0.2) is 0 Å². The maximum absolute atomic E-state index is 10.7. The van der Waals surface area contributed by atoms with Gasteiger partial charge in [0, 0.05) is 24.4 Å². The molecule has 0 amide bonds. The van der Waals surface area contributed by atoms with Crippen molar-refractivity contribution in [1.29, 1.82) is 0 Å². The van der Waals surface area contributed by atoms with Crippen molar-refractivity contribution in [2.24, 2.45) is 0 Å². The largest absolute Gasteiger partial charge is 0.491 e. The average Bonchev–Trinajstić information content (AvgIpc) is 2.26. The Kier molecular flexibility index (Phi) is 4.53. The van der Waals surface area contributed by atoms with Crippen LogP contribution in [0, 0.1) is 10.1 Å². The van der Waals surface area contributed by atoms with Crippen LogP contribution in [-0.4, -0.2) is 29.8 Å². The van der Waals surface area contributed by atoms with E-state index in [4.69, 9.17) is 9.84 Å². The van der Waals surface area contributed by atoms with Crippen LogP contribution in [0.15, 0.2) is 18.2 Å². The SMILES string of the molecule is CCNc1cc(OCCO)cc([N+](=O)[O-])c1. The van der Waals surface area contributed by atoms with Crippen molar-refractivity contribution in [3.63, 3.8) is 0 Å². The molecule has 16 heavy (non-hydrogen) atoms. The van der Waals surface area contributed by atoms with Crippen molar-refractivity contribution >= 4 is 11.4 Å². The quantitative estimate of drug-likeness (QED) is 0.565. The lowest BCUT2D eigenvalue weighted by Gasteiger charge is -2.07. The number of anilines is 1. The molecule has 6 nitrogen and oxygen atoms in total. The lowest BCUT2D eigenvalue weighted by atomic mass is 10.2. The summed E-state index contributed by atoms with van der Waals surface area (Å²) in [6.07, 6.45) is 0. The molecule has 1 aromatic rings. The summed E-state index contributed by atoms with van der Waals surface area (Å²) in [5.74, 6) is 0.374. The highest BCUT2D eigenvalue weighted by Gasteiger charge is 2.10. The number of hydrogen-bond donors (Lipinski definition) is 2. The Morgan fingerprint density at radius 3 is 2.81 bits per heavy atom. The van der Waals surface area contributed by atoms with Gasteiger partial charge in [-0.1, -0.05) is 0 Å². The van der Waals surface area contributed by atoms with Crippen LogP contribution in [0.2, 0.25) is 0 Å². The minimum Gasteiger partial charge on any atom is -0.491 e. The summed E-state index contributed by atoms with van der Waals surface area (Å²) in [7, 11) is 0. The van der Waals surface area contributed by atoms with Crippen molar-refractivity contribution < 1.29 is 14.8 Å². The van der Waals surface area contributed by atoms with Gasteiger partial charge in [0.2, 0.25) is 0 Å². The van der Waals surface area contributed by atoms with Gasteiger partial charge in [0.05, 0.1) is 17.6 Å². The van der Waals surface area contributed by atoms with Crippen LogP contribution in [0.5, 0.6) is 5.75 Å². The molecule has 0 aliphatic heterocycles. The number of aliphatic hydroxyl groups excluding tert-OH is 1. The number of nitrogens with one attached hydrogen (secondary N) is 1. The fourth-order valence-electron chi connectivity index (χ4n) is 1.24. The van der Waals surface area contributed by atoms with Gasteiger partial charge in [0.1, 0.15) is 12.4 Å². The van der Waals surface area contributed by atoms with E-state index in [0.29, 0.717) is 18.0 Å².